The molecule has 21 heavy (non-hydrogen) atoms. The highest BCUT2D eigenvalue weighted by molar-refractivity contribution is 5.17. The first-order chi connectivity index (χ1) is 10.2. The maximum atomic E-state index is 9.81. The van der Waals surface area contributed by atoms with E-state index >= 15 is 0 Å². The summed E-state index contributed by atoms with van der Waals surface area (Å²) in [5.74, 6) is 0.594. The van der Waals surface area contributed by atoms with Crippen LogP contribution in [0.15, 0.2) is 0 Å². The third-order valence-corrected chi connectivity index (χ3v) is 6.22. The molecule has 1 saturated heterocycles. The van der Waals surface area contributed by atoms with E-state index in [9.17, 15) is 5.26 Å². The van der Waals surface area contributed by atoms with Gasteiger partial charge in [0.05, 0.1) is 6.07 Å². The first-order valence-corrected chi connectivity index (χ1v) is 9.11. The van der Waals surface area contributed by atoms with Crippen molar-refractivity contribution >= 4 is 0 Å². The second-order valence-corrected chi connectivity index (χ2v) is 7.77. The zero-order chi connectivity index (χ0) is 14.8. The van der Waals surface area contributed by atoms with Crippen molar-refractivity contribution < 1.29 is 0 Å². The van der Waals surface area contributed by atoms with Gasteiger partial charge in [0.15, 0.2) is 0 Å². The van der Waals surface area contributed by atoms with Crippen LogP contribution in [0.5, 0.6) is 0 Å². The fourth-order valence-electron chi connectivity index (χ4n) is 4.58. The van der Waals surface area contributed by atoms with E-state index in [1.165, 1.54) is 64.5 Å². The summed E-state index contributed by atoms with van der Waals surface area (Å²) in [6.07, 6.45) is 12.1. The Morgan fingerprint density at radius 2 is 1.86 bits per heavy atom. The Labute approximate surface area is 130 Å². The van der Waals surface area contributed by atoms with Crippen molar-refractivity contribution in [3.05, 3.63) is 0 Å². The molecule has 1 N–H and O–H groups in total. The summed E-state index contributed by atoms with van der Waals surface area (Å²) in [7, 11) is 0. The predicted octanol–water partition coefficient (Wildman–Crippen LogP) is 3.31. The van der Waals surface area contributed by atoms with Gasteiger partial charge in [0.1, 0.15) is 5.54 Å². The van der Waals surface area contributed by atoms with Crippen LogP contribution >= 0.6 is 0 Å². The van der Waals surface area contributed by atoms with Crippen LogP contribution in [0.25, 0.3) is 0 Å². The standard InChI is InChI=1S/C18H31N3/c1-2-11-20-18(14-19,16-5-6-16)15-21-12-9-17(10-13-21)7-3-4-8-17/h16,20H,2-13,15H2,1H3. The Kier molecular flexibility index (Phi) is 4.57. The van der Waals surface area contributed by atoms with Gasteiger partial charge in [0.2, 0.25) is 0 Å². The van der Waals surface area contributed by atoms with E-state index < -0.39 is 0 Å². The lowest BCUT2D eigenvalue weighted by Gasteiger charge is -2.42. The first kappa shape index (κ1) is 15.3. The number of piperidine rings is 1. The van der Waals surface area contributed by atoms with E-state index in [1.807, 2.05) is 0 Å². The highest BCUT2D eigenvalue weighted by Gasteiger charge is 2.47. The minimum atomic E-state index is -0.268. The second-order valence-electron chi connectivity index (χ2n) is 7.77. The minimum absolute atomic E-state index is 0.268. The Bertz CT molecular complexity index is 380. The van der Waals surface area contributed by atoms with Crippen LogP contribution in [0.1, 0.15) is 64.7 Å². The van der Waals surface area contributed by atoms with Crippen molar-refractivity contribution in [2.24, 2.45) is 11.3 Å². The van der Waals surface area contributed by atoms with E-state index in [0.717, 1.165) is 19.5 Å². The number of rotatable bonds is 6. The van der Waals surface area contributed by atoms with E-state index in [1.54, 1.807) is 0 Å². The van der Waals surface area contributed by atoms with Crippen molar-refractivity contribution in [1.82, 2.24) is 10.2 Å². The topological polar surface area (TPSA) is 39.1 Å². The van der Waals surface area contributed by atoms with Gasteiger partial charge in [-0.05, 0) is 75.9 Å². The van der Waals surface area contributed by atoms with Crippen molar-refractivity contribution in [3.8, 4) is 6.07 Å². The number of likely N-dealkylation sites (tertiary alicyclic amines) is 1. The van der Waals surface area contributed by atoms with Gasteiger partial charge in [-0.15, -0.1) is 0 Å². The fraction of sp³-hybridized carbons (Fsp3) is 0.944. The van der Waals surface area contributed by atoms with Gasteiger partial charge in [-0.1, -0.05) is 19.8 Å². The zero-order valence-corrected chi connectivity index (χ0v) is 13.7. The minimum Gasteiger partial charge on any atom is -0.300 e. The smallest absolute Gasteiger partial charge is 0.122 e. The third-order valence-electron chi connectivity index (χ3n) is 6.22. The molecule has 2 saturated carbocycles. The van der Waals surface area contributed by atoms with Gasteiger partial charge in [0, 0.05) is 6.54 Å². The van der Waals surface area contributed by atoms with Gasteiger partial charge in [-0.3, -0.25) is 5.32 Å². The van der Waals surface area contributed by atoms with E-state index in [-0.39, 0.29) is 5.54 Å². The summed E-state index contributed by atoms with van der Waals surface area (Å²) in [4.78, 5) is 2.58. The van der Waals surface area contributed by atoms with Gasteiger partial charge in [-0.25, -0.2) is 0 Å². The number of hydrogen-bond donors (Lipinski definition) is 1. The molecule has 0 aromatic carbocycles. The molecule has 3 fully saturated rings. The Hall–Kier alpha value is -0.590. The average Bonchev–Trinajstić information content (AvgIpc) is 3.28. The molecule has 118 valence electrons. The van der Waals surface area contributed by atoms with Gasteiger partial charge < -0.3 is 4.90 Å². The quantitative estimate of drug-likeness (QED) is 0.815. The molecule has 0 radical (unpaired) electrons. The van der Waals surface area contributed by atoms with Crippen LogP contribution in [0, 0.1) is 22.7 Å². The molecule has 1 spiro atoms. The molecule has 0 aromatic heterocycles. The number of nitriles is 1. The average molecular weight is 289 g/mol. The second kappa shape index (κ2) is 6.26. The first-order valence-electron chi connectivity index (χ1n) is 9.11. The number of nitrogens with one attached hydrogen (secondary N) is 1. The molecular formula is C18H31N3. The fourth-order valence-corrected chi connectivity index (χ4v) is 4.58. The van der Waals surface area contributed by atoms with E-state index in [4.69, 9.17) is 0 Å². The highest BCUT2D eigenvalue weighted by Crippen LogP contribution is 2.47. The summed E-state index contributed by atoms with van der Waals surface area (Å²) in [5.41, 5.74) is 0.415. The Morgan fingerprint density at radius 3 is 2.38 bits per heavy atom. The Morgan fingerprint density at radius 1 is 1.19 bits per heavy atom. The maximum Gasteiger partial charge on any atom is 0.122 e. The molecule has 1 heterocycles. The van der Waals surface area contributed by atoms with Gasteiger partial charge >= 0.3 is 0 Å². The monoisotopic (exact) mass is 289 g/mol. The molecule has 0 aromatic rings. The summed E-state index contributed by atoms with van der Waals surface area (Å²) >= 11 is 0. The number of hydrogen-bond acceptors (Lipinski definition) is 3. The molecule has 1 unspecified atom stereocenters. The zero-order valence-electron chi connectivity index (χ0n) is 13.7. The summed E-state index contributed by atoms with van der Waals surface area (Å²) in [6.45, 7) is 6.53. The lowest BCUT2D eigenvalue weighted by molar-refractivity contribution is 0.0874. The normalized spacial score (nSPS) is 28.4. The maximum absolute atomic E-state index is 9.81. The summed E-state index contributed by atoms with van der Waals surface area (Å²) in [6, 6.07) is 2.67. The van der Waals surface area contributed by atoms with Gasteiger partial charge in [-0.2, -0.15) is 5.26 Å². The Balaban J connectivity index is 1.58. The highest BCUT2D eigenvalue weighted by atomic mass is 15.2. The molecule has 3 heteroatoms. The molecule has 3 nitrogen and oxygen atoms in total. The predicted molar refractivity (Wildman–Crippen MR) is 85.9 cm³/mol. The molecular weight excluding hydrogens is 258 g/mol. The van der Waals surface area contributed by atoms with Crippen LogP contribution in [0.4, 0.5) is 0 Å². The largest absolute Gasteiger partial charge is 0.300 e. The lowest BCUT2D eigenvalue weighted by Crippen LogP contribution is -2.56. The summed E-state index contributed by atoms with van der Waals surface area (Å²) in [5, 5.41) is 13.4. The molecule has 2 aliphatic carbocycles. The lowest BCUT2D eigenvalue weighted by atomic mass is 9.76. The van der Waals surface area contributed by atoms with Gasteiger partial charge in [0.25, 0.3) is 0 Å². The molecule has 0 amide bonds. The van der Waals surface area contributed by atoms with Crippen LogP contribution in [0.2, 0.25) is 0 Å². The van der Waals surface area contributed by atoms with Crippen LogP contribution in [-0.4, -0.2) is 36.6 Å². The van der Waals surface area contributed by atoms with E-state index in [0.29, 0.717) is 11.3 Å². The van der Waals surface area contributed by atoms with Crippen molar-refractivity contribution in [2.45, 2.75) is 70.3 Å². The SMILES string of the molecule is CCCNC(C#N)(CN1CCC2(CCCC2)CC1)C1CC1. The summed E-state index contributed by atoms with van der Waals surface area (Å²) < 4.78 is 0. The molecule has 1 atom stereocenters. The van der Waals surface area contributed by atoms with Crippen molar-refractivity contribution in [2.75, 3.05) is 26.2 Å². The van der Waals surface area contributed by atoms with Crippen LogP contribution < -0.4 is 5.32 Å². The molecule has 1 aliphatic heterocycles. The van der Waals surface area contributed by atoms with Crippen LogP contribution in [-0.2, 0) is 0 Å². The molecule has 3 aliphatic rings. The molecule has 3 rings (SSSR count). The van der Waals surface area contributed by atoms with Crippen LogP contribution in [0.3, 0.4) is 0 Å². The number of nitrogens with zero attached hydrogens (tertiary/aromatic N) is 2. The third kappa shape index (κ3) is 3.27. The van der Waals surface area contributed by atoms with Crippen molar-refractivity contribution in [1.29, 1.82) is 5.26 Å². The molecule has 0 bridgehead atoms. The van der Waals surface area contributed by atoms with Crippen molar-refractivity contribution in [3.63, 3.8) is 0 Å². The van der Waals surface area contributed by atoms with E-state index in [2.05, 4.69) is 23.2 Å².